The Morgan fingerprint density at radius 3 is 2.79 bits per heavy atom. The van der Waals surface area contributed by atoms with Crippen molar-refractivity contribution >= 4 is 34.3 Å². The molecular formula is C18H20N4OS. The number of fused-ring (bicyclic) bond motifs is 1. The van der Waals surface area contributed by atoms with E-state index in [2.05, 4.69) is 26.7 Å². The van der Waals surface area contributed by atoms with Gasteiger partial charge in [-0.2, -0.15) is 0 Å². The number of benzene rings is 2. The topological polar surface area (TPSA) is 62.0 Å². The zero-order valence-corrected chi connectivity index (χ0v) is 14.3. The number of aromatic amines is 1. The van der Waals surface area contributed by atoms with Crippen LogP contribution in [0.4, 0.5) is 5.95 Å². The number of rotatable bonds is 6. The lowest BCUT2D eigenvalue weighted by molar-refractivity contribution is 0.336. The number of H-pyrrole nitrogens is 1. The van der Waals surface area contributed by atoms with Crippen LogP contribution in [0, 0.1) is 0 Å². The first kappa shape index (κ1) is 16.3. The number of hydrogen-bond acceptors (Lipinski definition) is 3. The van der Waals surface area contributed by atoms with Gasteiger partial charge >= 0.3 is 0 Å². The van der Waals surface area contributed by atoms with Crippen molar-refractivity contribution < 1.29 is 4.74 Å². The predicted molar refractivity (Wildman–Crippen MR) is 102 cm³/mol. The van der Waals surface area contributed by atoms with Gasteiger partial charge in [0.15, 0.2) is 5.11 Å². The molecule has 0 unspecified atom stereocenters. The van der Waals surface area contributed by atoms with E-state index in [9.17, 15) is 0 Å². The molecule has 0 fully saturated rings. The van der Waals surface area contributed by atoms with E-state index in [0.29, 0.717) is 17.7 Å². The summed E-state index contributed by atoms with van der Waals surface area (Å²) in [5.41, 5.74) is 3.06. The first-order chi connectivity index (χ1) is 11.8. The monoisotopic (exact) mass is 340 g/mol. The van der Waals surface area contributed by atoms with E-state index in [0.717, 1.165) is 29.7 Å². The molecule has 3 rings (SSSR count). The third kappa shape index (κ3) is 4.02. The molecule has 5 nitrogen and oxygen atoms in total. The highest BCUT2D eigenvalue weighted by Gasteiger charge is 2.05. The molecule has 0 saturated carbocycles. The quantitative estimate of drug-likeness (QED) is 0.600. The van der Waals surface area contributed by atoms with Gasteiger partial charge in [0.05, 0.1) is 17.6 Å². The fourth-order valence-corrected chi connectivity index (χ4v) is 2.68. The zero-order valence-electron chi connectivity index (χ0n) is 13.5. The summed E-state index contributed by atoms with van der Waals surface area (Å²) in [4.78, 5) is 7.63. The number of ether oxygens (including phenoxy) is 1. The first-order valence-electron chi connectivity index (χ1n) is 7.96. The summed E-state index contributed by atoms with van der Waals surface area (Å²) < 4.78 is 5.63. The van der Waals surface area contributed by atoms with Gasteiger partial charge < -0.3 is 20.4 Å². The Morgan fingerprint density at radius 2 is 1.96 bits per heavy atom. The molecule has 0 spiro atoms. The first-order valence-corrected chi connectivity index (χ1v) is 8.37. The van der Waals surface area contributed by atoms with Crippen molar-refractivity contribution in [3.63, 3.8) is 0 Å². The minimum atomic E-state index is 0.544. The molecular weight excluding hydrogens is 320 g/mol. The van der Waals surface area contributed by atoms with Crippen LogP contribution in [-0.4, -0.2) is 28.2 Å². The Hall–Kier alpha value is -2.60. The summed E-state index contributed by atoms with van der Waals surface area (Å²) in [5, 5.41) is 6.82. The molecule has 1 heterocycles. The van der Waals surface area contributed by atoms with E-state index in [4.69, 9.17) is 17.0 Å². The van der Waals surface area contributed by atoms with Crippen LogP contribution in [0.15, 0.2) is 48.5 Å². The maximum Gasteiger partial charge on any atom is 0.207 e. The normalized spacial score (nSPS) is 10.5. The third-order valence-electron chi connectivity index (χ3n) is 3.57. The number of hydrogen-bond donors (Lipinski definition) is 3. The van der Waals surface area contributed by atoms with Crippen molar-refractivity contribution in [3.8, 4) is 5.75 Å². The Balaban J connectivity index is 1.52. The molecule has 0 aliphatic carbocycles. The second kappa shape index (κ2) is 7.79. The summed E-state index contributed by atoms with van der Waals surface area (Å²) in [6, 6.07) is 15.9. The molecule has 3 aromatic rings. The highest BCUT2D eigenvalue weighted by molar-refractivity contribution is 7.80. The van der Waals surface area contributed by atoms with Gasteiger partial charge in [-0.05, 0) is 49.3 Å². The molecule has 1 aromatic heterocycles. The Bertz CT molecular complexity index is 798. The maximum atomic E-state index is 5.63. The van der Waals surface area contributed by atoms with Gasteiger partial charge in [-0.1, -0.05) is 30.3 Å². The number of imidazole rings is 1. The standard InChI is InChI=1S/C18H20N4OS/c1-2-23-16-10-6-3-7-13(16)11-12-19-18(24)22-17-20-14-8-4-5-9-15(14)21-17/h3-10H,2,11-12H2,1H3,(H3,19,20,21,22,24). The largest absolute Gasteiger partial charge is 0.494 e. The van der Waals surface area contributed by atoms with Gasteiger partial charge in [0, 0.05) is 6.54 Å². The van der Waals surface area contributed by atoms with Crippen LogP contribution in [0.3, 0.4) is 0 Å². The number of nitrogens with one attached hydrogen (secondary N) is 3. The van der Waals surface area contributed by atoms with Gasteiger partial charge in [0.25, 0.3) is 0 Å². The highest BCUT2D eigenvalue weighted by Crippen LogP contribution is 2.18. The average Bonchev–Trinajstić information content (AvgIpc) is 2.98. The minimum absolute atomic E-state index is 0.544. The van der Waals surface area contributed by atoms with Crippen molar-refractivity contribution in [2.75, 3.05) is 18.5 Å². The van der Waals surface area contributed by atoms with Crippen LogP contribution in [0.25, 0.3) is 11.0 Å². The number of nitrogens with zero attached hydrogens (tertiary/aromatic N) is 1. The van der Waals surface area contributed by atoms with Crippen molar-refractivity contribution in [1.82, 2.24) is 15.3 Å². The zero-order chi connectivity index (χ0) is 16.8. The van der Waals surface area contributed by atoms with Gasteiger partial charge in [0.2, 0.25) is 5.95 Å². The Kier molecular flexibility index (Phi) is 5.28. The number of thiocarbonyl (C=S) groups is 1. The second-order valence-corrected chi connectivity index (χ2v) is 5.68. The smallest absolute Gasteiger partial charge is 0.207 e. The molecule has 0 atom stereocenters. The van der Waals surface area contributed by atoms with E-state index < -0.39 is 0 Å². The van der Waals surface area contributed by atoms with Gasteiger partial charge in [-0.15, -0.1) is 0 Å². The van der Waals surface area contributed by atoms with Gasteiger partial charge in [0.1, 0.15) is 5.75 Å². The summed E-state index contributed by atoms with van der Waals surface area (Å²) in [6.07, 6.45) is 0.831. The summed E-state index contributed by atoms with van der Waals surface area (Å²) >= 11 is 5.33. The second-order valence-electron chi connectivity index (χ2n) is 5.27. The van der Waals surface area contributed by atoms with Gasteiger partial charge in [-0.25, -0.2) is 4.98 Å². The van der Waals surface area contributed by atoms with Crippen LogP contribution < -0.4 is 15.4 Å². The molecule has 0 bridgehead atoms. The summed E-state index contributed by atoms with van der Waals surface area (Å²) in [7, 11) is 0. The van der Waals surface area contributed by atoms with E-state index in [-0.39, 0.29) is 0 Å². The third-order valence-corrected chi connectivity index (χ3v) is 3.82. The van der Waals surface area contributed by atoms with Crippen LogP contribution in [0.2, 0.25) is 0 Å². The molecule has 0 aliphatic heterocycles. The molecule has 3 N–H and O–H groups in total. The highest BCUT2D eigenvalue weighted by atomic mass is 32.1. The Labute approximate surface area is 146 Å². The number of aromatic nitrogens is 2. The fraction of sp³-hybridized carbons (Fsp3) is 0.222. The average molecular weight is 340 g/mol. The van der Waals surface area contributed by atoms with Crippen LogP contribution in [-0.2, 0) is 6.42 Å². The molecule has 2 aromatic carbocycles. The lowest BCUT2D eigenvalue weighted by Gasteiger charge is -2.11. The van der Waals surface area contributed by atoms with Crippen molar-refractivity contribution in [2.45, 2.75) is 13.3 Å². The predicted octanol–water partition coefficient (Wildman–Crippen LogP) is 3.49. The lowest BCUT2D eigenvalue weighted by atomic mass is 10.1. The van der Waals surface area contributed by atoms with Crippen LogP contribution in [0.1, 0.15) is 12.5 Å². The number of para-hydroxylation sites is 3. The Morgan fingerprint density at radius 1 is 1.17 bits per heavy atom. The van der Waals surface area contributed by atoms with Crippen molar-refractivity contribution in [2.24, 2.45) is 0 Å². The van der Waals surface area contributed by atoms with Crippen LogP contribution >= 0.6 is 12.2 Å². The molecule has 0 saturated heterocycles. The molecule has 124 valence electrons. The van der Waals surface area contributed by atoms with E-state index >= 15 is 0 Å². The molecule has 0 aliphatic rings. The van der Waals surface area contributed by atoms with Crippen molar-refractivity contribution in [1.29, 1.82) is 0 Å². The molecule has 24 heavy (non-hydrogen) atoms. The SMILES string of the molecule is CCOc1ccccc1CCNC(=S)Nc1nc2ccccc2[nH]1. The van der Waals surface area contributed by atoms with E-state index in [1.54, 1.807) is 0 Å². The molecule has 6 heteroatoms. The van der Waals surface area contributed by atoms with E-state index in [1.807, 2.05) is 49.4 Å². The maximum absolute atomic E-state index is 5.63. The summed E-state index contributed by atoms with van der Waals surface area (Å²) in [5.74, 6) is 1.57. The molecule has 0 amide bonds. The lowest BCUT2D eigenvalue weighted by Crippen LogP contribution is -2.30. The van der Waals surface area contributed by atoms with E-state index in [1.165, 1.54) is 5.56 Å². The van der Waals surface area contributed by atoms with Gasteiger partial charge in [-0.3, -0.25) is 0 Å². The number of anilines is 1. The summed E-state index contributed by atoms with van der Waals surface area (Å²) in [6.45, 7) is 3.37. The minimum Gasteiger partial charge on any atom is -0.494 e. The van der Waals surface area contributed by atoms with Crippen molar-refractivity contribution in [3.05, 3.63) is 54.1 Å². The van der Waals surface area contributed by atoms with Crippen LogP contribution in [0.5, 0.6) is 5.75 Å². The molecule has 0 radical (unpaired) electrons. The fourth-order valence-electron chi connectivity index (χ4n) is 2.48.